The predicted molar refractivity (Wildman–Crippen MR) is 79.7 cm³/mol. The van der Waals surface area contributed by atoms with E-state index in [-0.39, 0.29) is 18.4 Å². The number of para-hydroxylation sites is 1. The number of benzene rings is 1. The van der Waals surface area contributed by atoms with Crippen molar-refractivity contribution in [1.82, 2.24) is 4.98 Å². The van der Waals surface area contributed by atoms with Crippen LogP contribution in [0.3, 0.4) is 0 Å². The number of aromatic nitrogens is 1. The Labute approximate surface area is 118 Å². The molecule has 0 aliphatic carbocycles. The van der Waals surface area contributed by atoms with Gasteiger partial charge in [0.25, 0.3) is 0 Å². The number of carbonyl (C=O) groups is 1. The Bertz CT molecular complexity index is 625. The minimum absolute atomic E-state index is 0.0441. The highest BCUT2D eigenvalue weighted by Crippen LogP contribution is 2.30. The van der Waals surface area contributed by atoms with Crippen molar-refractivity contribution < 1.29 is 9.90 Å². The van der Waals surface area contributed by atoms with E-state index in [1.807, 2.05) is 44.2 Å². The highest BCUT2D eigenvalue weighted by atomic mass is 16.4. The molecule has 2 unspecified atom stereocenters. The molecule has 20 heavy (non-hydrogen) atoms. The van der Waals surface area contributed by atoms with Crippen LogP contribution in [-0.2, 0) is 4.79 Å². The van der Waals surface area contributed by atoms with Gasteiger partial charge in [0.15, 0.2) is 0 Å². The van der Waals surface area contributed by atoms with Crippen molar-refractivity contribution in [2.24, 2.45) is 5.73 Å². The summed E-state index contributed by atoms with van der Waals surface area (Å²) < 4.78 is 0. The summed E-state index contributed by atoms with van der Waals surface area (Å²) in [5.41, 5.74) is 8.92. The van der Waals surface area contributed by atoms with Gasteiger partial charge in [-0.3, -0.25) is 9.78 Å². The molecule has 4 nitrogen and oxygen atoms in total. The van der Waals surface area contributed by atoms with Crippen molar-refractivity contribution in [3.8, 4) is 0 Å². The Kier molecular flexibility index (Phi) is 4.35. The second-order valence-corrected chi connectivity index (χ2v) is 5.15. The Morgan fingerprint density at radius 1 is 1.40 bits per heavy atom. The predicted octanol–water partition coefficient (Wildman–Crippen LogP) is 2.84. The van der Waals surface area contributed by atoms with Gasteiger partial charge < -0.3 is 10.8 Å². The lowest BCUT2D eigenvalue weighted by Gasteiger charge is -2.23. The lowest BCUT2D eigenvalue weighted by atomic mass is 9.85. The number of carboxylic acids is 1. The Morgan fingerprint density at radius 3 is 2.75 bits per heavy atom. The number of hydrogen-bond acceptors (Lipinski definition) is 3. The highest BCUT2D eigenvalue weighted by Gasteiger charge is 2.24. The Balaban J connectivity index is 2.59. The number of hydrogen-bond donors (Lipinski definition) is 2. The van der Waals surface area contributed by atoms with E-state index in [4.69, 9.17) is 10.8 Å². The first-order valence-corrected chi connectivity index (χ1v) is 6.86. The molecule has 1 aromatic carbocycles. The van der Waals surface area contributed by atoms with Crippen molar-refractivity contribution in [2.45, 2.75) is 38.6 Å². The summed E-state index contributed by atoms with van der Waals surface area (Å²) >= 11 is 0. The quantitative estimate of drug-likeness (QED) is 0.877. The minimum atomic E-state index is -0.822. The molecule has 2 rings (SSSR count). The first-order chi connectivity index (χ1) is 9.52. The number of aryl methyl sites for hydroxylation is 1. The third-order valence-corrected chi connectivity index (χ3v) is 3.66. The average molecular weight is 272 g/mol. The molecular weight excluding hydrogens is 252 g/mol. The molecule has 4 heteroatoms. The van der Waals surface area contributed by atoms with Crippen LogP contribution in [-0.4, -0.2) is 22.1 Å². The number of nitrogens with two attached hydrogens (primary N) is 1. The molecule has 0 saturated heterocycles. The van der Waals surface area contributed by atoms with E-state index in [2.05, 4.69) is 4.98 Å². The van der Waals surface area contributed by atoms with E-state index in [1.165, 1.54) is 0 Å². The highest BCUT2D eigenvalue weighted by molar-refractivity contribution is 5.83. The molecule has 0 radical (unpaired) electrons. The van der Waals surface area contributed by atoms with E-state index < -0.39 is 5.97 Å². The van der Waals surface area contributed by atoms with Crippen LogP contribution in [0.2, 0.25) is 0 Å². The van der Waals surface area contributed by atoms with Gasteiger partial charge in [0.2, 0.25) is 0 Å². The van der Waals surface area contributed by atoms with Crippen LogP contribution in [0.1, 0.15) is 36.9 Å². The van der Waals surface area contributed by atoms with Crippen LogP contribution in [0.4, 0.5) is 0 Å². The van der Waals surface area contributed by atoms with Gasteiger partial charge in [-0.1, -0.05) is 25.1 Å². The van der Waals surface area contributed by atoms with Gasteiger partial charge in [-0.05, 0) is 31.0 Å². The smallest absolute Gasteiger partial charge is 0.304 e. The second-order valence-electron chi connectivity index (χ2n) is 5.15. The van der Waals surface area contributed by atoms with Gasteiger partial charge in [0.1, 0.15) is 0 Å². The maximum absolute atomic E-state index is 11.2. The van der Waals surface area contributed by atoms with Gasteiger partial charge in [-0.2, -0.15) is 0 Å². The summed E-state index contributed by atoms with van der Waals surface area (Å²) in [5.74, 6) is -1.01. The Hall–Kier alpha value is -1.94. The number of nitrogens with zero attached hydrogens (tertiary/aromatic N) is 1. The molecule has 106 valence electrons. The first-order valence-electron chi connectivity index (χ1n) is 6.86. The molecule has 0 aliphatic rings. The van der Waals surface area contributed by atoms with Crippen LogP contribution < -0.4 is 5.73 Å². The normalized spacial score (nSPS) is 14.2. The zero-order valence-corrected chi connectivity index (χ0v) is 11.8. The van der Waals surface area contributed by atoms with E-state index in [0.717, 1.165) is 28.6 Å². The molecular formula is C16H20N2O2. The maximum atomic E-state index is 11.2. The molecule has 0 amide bonds. The summed E-state index contributed by atoms with van der Waals surface area (Å²) in [6.45, 7) is 3.90. The van der Waals surface area contributed by atoms with Gasteiger partial charge >= 0.3 is 5.97 Å². The first kappa shape index (κ1) is 14.5. The fourth-order valence-corrected chi connectivity index (χ4v) is 2.61. The third kappa shape index (κ3) is 2.96. The zero-order valence-electron chi connectivity index (χ0n) is 11.8. The number of fused-ring (bicyclic) bond motifs is 1. The van der Waals surface area contributed by atoms with E-state index in [9.17, 15) is 4.79 Å². The van der Waals surface area contributed by atoms with Crippen LogP contribution in [0.15, 0.2) is 30.3 Å². The van der Waals surface area contributed by atoms with E-state index in [1.54, 1.807) is 0 Å². The van der Waals surface area contributed by atoms with Crippen molar-refractivity contribution in [3.63, 3.8) is 0 Å². The van der Waals surface area contributed by atoms with Crippen molar-refractivity contribution in [3.05, 3.63) is 41.6 Å². The lowest BCUT2D eigenvalue weighted by Crippen LogP contribution is -2.29. The number of pyridine rings is 1. The molecule has 2 aromatic rings. The number of carboxylic acid groups (broad SMARTS) is 1. The van der Waals surface area contributed by atoms with Gasteiger partial charge in [0.05, 0.1) is 11.9 Å². The number of aliphatic carboxylic acids is 1. The van der Waals surface area contributed by atoms with Gasteiger partial charge in [0, 0.05) is 23.0 Å². The lowest BCUT2D eigenvalue weighted by molar-refractivity contribution is -0.137. The molecule has 3 N–H and O–H groups in total. The minimum Gasteiger partial charge on any atom is -0.481 e. The van der Waals surface area contributed by atoms with Crippen molar-refractivity contribution in [2.75, 3.05) is 0 Å². The van der Waals surface area contributed by atoms with E-state index in [0.29, 0.717) is 0 Å². The summed E-state index contributed by atoms with van der Waals surface area (Å²) in [6.07, 6.45) is 0.788. The molecule has 1 heterocycles. The Morgan fingerprint density at radius 2 is 2.10 bits per heavy atom. The monoisotopic (exact) mass is 272 g/mol. The van der Waals surface area contributed by atoms with Crippen LogP contribution in [0.5, 0.6) is 0 Å². The SMILES string of the molecule is CCC(N)C(CC(=O)O)c1cc(C)nc2ccccc12. The largest absolute Gasteiger partial charge is 0.481 e. The van der Waals surface area contributed by atoms with Gasteiger partial charge in [-0.25, -0.2) is 0 Å². The zero-order chi connectivity index (χ0) is 14.7. The fourth-order valence-electron chi connectivity index (χ4n) is 2.61. The van der Waals surface area contributed by atoms with E-state index >= 15 is 0 Å². The fraction of sp³-hybridized carbons (Fsp3) is 0.375. The second kappa shape index (κ2) is 6.01. The topological polar surface area (TPSA) is 76.2 Å². The molecule has 0 spiro atoms. The maximum Gasteiger partial charge on any atom is 0.304 e. The molecule has 1 aromatic heterocycles. The van der Waals surface area contributed by atoms with Crippen molar-refractivity contribution in [1.29, 1.82) is 0 Å². The summed E-state index contributed by atoms with van der Waals surface area (Å²) in [4.78, 5) is 15.6. The van der Waals surface area contributed by atoms with Crippen LogP contribution >= 0.6 is 0 Å². The molecule has 0 saturated carbocycles. The third-order valence-electron chi connectivity index (χ3n) is 3.66. The summed E-state index contributed by atoms with van der Waals surface area (Å²) in [5, 5.41) is 10.2. The molecule has 0 fully saturated rings. The van der Waals surface area contributed by atoms with Crippen molar-refractivity contribution >= 4 is 16.9 Å². The molecule has 0 bridgehead atoms. The summed E-state index contributed by atoms with van der Waals surface area (Å²) in [7, 11) is 0. The number of rotatable bonds is 5. The summed E-state index contributed by atoms with van der Waals surface area (Å²) in [6, 6.07) is 9.60. The molecule has 2 atom stereocenters. The van der Waals surface area contributed by atoms with Gasteiger partial charge in [-0.15, -0.1) is 0 Å². The standard InChI is InChI=1S/C16H20N2O2/c1-3-14(17)13(9-16(19)20)12-8-10(2)18-15-7-5-4-6-11(12)15/h4-8,13-14H,3,9,17H2,1-2H3,(H,19,20). The van der Waals surface area contributed by atoms with Crippen LogP contribution in [0, 0.1) is 6.92 Å². The molecule has 0 aliphatic heterocycles. The van der Waals surface area contributed by atoms with Crippen LogP contribution in [0.25, 0.3) is 10.9 Å². The average Bonchev–Trinajstić information content (AvgIpc) is 2.42.